The molecule has 0 fully saturated rings. The van der Waals surface area contributed by atoms with Gasteiger partial charge in [-0.3, -0.25) is 9.36 Å². The fraction of sp³-hybridized carbons (Fsp3) is 0.833. The molecule has 0 heterocycles. The Kier molecular flexibility index (Phi) is 22.6. The van der Waals surface area contributed by atoms with Gasteiger partial charge in [0, 0.05) is 27.5 Å². The predicted octanol–water partition coefficient (Wildman–Crippen LogP) is 6.02. The summed E-state index contributed by atoms with van der Waals surface area (Å²) in [5.41, 5.74) is -0.470. The van der Waals surface area contributed by atoms with E-state index in [1.54, 1.807) is 0 Å². The zero-order valence-corrected chi connectivity index (χ0v) is 17.7. The van der Waals surface area contributed by atoms with E-state index in [1.165, 1.54) is 57.8 Å². The van der Waals surface area contributed by atoms with Crippen LogP contribution >= 0.6 is 8.03 Å². The summed E-state index contributed by atoms with van der Waals surface area (Å²) in [6.07, 6.45) is 20.7. The number of unbranched alkanes of at least 4 members (excludes halogenated alkanes) is 11. The number of carbonyl (C=O) groups is 1. The van der Waals surface area contributed by atoms with Gasteiger partial charge in [0.05, 0.1) is 0 Å². The van der Waals surface area contributed by atoms with Crippen LogP contribution < -0.4 is 0 Å². The molecule has 3 nitrogen and oxygen atoms in total. The summed E-state index contributed by atoms with van der Waals surface area (Å²) in [5.74, 6) is 0. The smallest absolute Gasteiger partial charge is 0.252 e. The first-order valence-corrected chi connectivity index (χ1v) is 10.4. The van der Waals surface area contributed by atoms with Crippen molar-refractivity contribution < 1.29 is 35.3 Å². The molecule has 0 amide bonds. The maximum atomic E-state index is 11.0. The van der Waals surface area contributed by atoms with Gasteiger partial charge in [0.2, 0.25) is 5.52 Å². The van der Waals surface area contributed by atoms with Crippen molar-refractivity contribution in [3.8, 4) is 0 Å². The molecule has 1 unspecified atom stereocenters. The van der Waals surface area contributed by atoms with Crippen LogP contribution in [0.15, 0.2) is 12.2 Å². The number of rotatable bonds is 16. The summed E-state index contributed by atoms with van der Waals surface area (Å²) in [5, 5.41) is 0. The van der Waals surface area contributed by atoms with Gasteiger partial charge in [-0.2, -0.15) is 0 Å². The van der Waals surface area contributed by atoms with Crippen molar-refractivity contribution in [2.24, 2.45) is 0 Å². The van der Waals surface area contributed by atoms with Crippen LogP contribution in [0.3, 0.4) is 0 Å². The third kappa shape index (κ3) is 20.2. The summed E-state index contributed by atoms with van der Waals surface area (Å²) in [6, 6.07) is 0. The Hall–Kier alpha value is 0.288. The normalized spacial score (nSPS) is 12.3. The standard InChI is InChI=1S/C18H35O3P.Mo/c1-2-3-4-5-6-7-8-9-10-11-12-13-14-15-16-17-18(19)22(20)21;/h9-10,22H,2-8,11-17H2,1H3,(H,20,21);. The molecule has 136 valence electrons. The first-order valence-electron chi connectivity index (χ1n) is 9.09. The molecule has 1 N–H and O–H groups in total. The van der Waals surface area contributed by atoms with E-state index in [2.05, 4.69) is 19.1 Å². The van der Waals surface area contributed by atoms with Crippen molar-refractivity contribution in [3.05, 3.63) is 12.2 Å². The Morgan fingerprint density at radius 1 is 0.826 bits per heavy atom. The third-order valence-electron chi connectivity index (χ3n) is 3.90. The number of allylic oxidation sites excluding steroid dienone is 2. The molecule has 5 heteroatoms. The summed E-state index contributed by atoms with van der Waals surface area (Å²) in [4.78, 5) is 19.6. The van der Waals surface area contributed by atoms with Crippen molar-refractivity contribution >= 4 is 13.6 Å². The fourth-order valence-corrected chi connectivity index (χ4v) is 2.85. The molecule has 0 aliphatic heterocycles. The number of carbonyl (C=O) groups excluding carboxylic acids is 1. The SMILES string of the molecule is CCCCCCCCC=CCCCCCCCC(=O)[PH](=O)O.[Mo]. The zero-order chi connectivity index (χ0) is 16.5. The molecular formula is C18H35MoO3P. The van der Waals surface area contributed by atoms with E-state index in [4.69, 9.17) is 4.89 Å². The van der Waals surface area contributed by atoms with Crippen LogP contribution in [0.4, 0.5) is 0 Å². The van der Waals surface area contributed by atoms with Gasteiger partial charge in [-0.05, 0) is 32.1 Å². The van der Waals surface area contributed by atoms with Crippen LogP contribution in [0.5, 0.6) is 0 Å². The van der Waals surface area contributed by atoms with E-state index < -0.39 is 13.6 Å². The topological polar surface area (TPSA) is 54.4 Å². The van der Waals surface area contributed by atoms with Gasteiger partial charge >= 0.3 is 0 Å². The molecule has 0 aliphatic rings. The van der Waals surface area contributed by atoms with Crippen LogP contribution in [-0.4, -0.2) is 10.4 Å². The van der Waals surface area contributed by atoms with Gasteiger partial charge in [-0.15, -0.1) is 0 Å². The van der Waals surface area contributed by atoms with Crippen LogP contribution in [0.25, 0.3) is 0 Å². The van der Waals surface area contributed by atoms with Gasteiger partial charge in [-0.25, -0.2) is 0 Å². The Labute approximate surface area is 157 Å². The molecule has 0 saturated carbocycles. The Morgan fingerprint density at radius 3 is 1.74 bits per heavy atom. The quantitative estimate of drug-likeness (QED) is 0.142. The minimum Gasteiger partial charge on any atom is -0.341 e. The number of hydrogen-bond donors (Lipinski definition) is 1. The third-order valence-corrected chi connectivity index (χ3v) is 4.63. The minimum absolute atomic E-state index is 0. The predicted molar refractivity (Wildman–Crippen MR) is 95.7 cm³/mol. The van der Waals surface area contributed by atoms with Gasteiger partial charge in [0.25, 0.3) is 8.03 Å². The average Bonchev–Trinajstić information content (AvgIpc) is 2.50. The van der Waals surface area contributed by atoms with E-state index in [0.29, 0.717) is 0 Å². The van der Waals surface area contributed by atoms with Gasteiger partial charge < -0.3 is 4.89 Å². The summed E-state index contributed by atoms with van der Waals surface area (Å²) >= 11 is 0. The van der Waals surface area contributed by atoms with E-state index in [-0.39, 0.29) is 27.5 Å². The summed E-state index contributed by atoms with van der Waals surface area (Å²) < 4.78 is 10.5. The average molecular weight is 426 g/mol. The summed E-state index contributed by atoms with van der Waals surface area (Å²) in [6.45, 7) is 2.25. The monoisotopic (exact) mass is 428 g/mol. The first kappa shape index (κ1) is 25.5. The van der Waals surface area contributed by atoms with Crippen molar-refractivity contribution in [2.45, 2.75) is 96.8 Å². The van der Waals surface area contributed by atoms with Crippen LogP contribution in [-0.2, 0) is 30.4 Å². The van der Waals surface area contributed by atoms with Crippen molar-refractivity contribution in [1.29, 1.82) is 0 Å². The molecule has 0 saturated heterocycles. The van der Waals surface area contributed by atoms with E-state index >= 15 is 0 Å². The molecule has 0 aliphatic carbocycles. The molecular weight excluding hydrogens is 391 g/mol. The van der Waals surface area contributed by atoms with Crippen molar-refractivity contribution in [3.63, 3.8) is 0 Å². The largest absolute Gasteiger partial charge is 0.341 e. The van der Waals surface area contributed by atoms with E-state index in [9.17, 15) is 9.36 Å². The van der Waals surface area contributed by atoms with E-state index in [1.807, 2.05) is 0 Å². The van der Waals surface area contributed by atoms with Crippen molar-refractivity contribution in [2.75, 3.05) is 0 Å². The Balaban J connectivity index is 0. The Morgan fingerprint density at radius 2 is 1.26 bits per heavy atom. The summed E-state index contributed by atoms with van der Waals surface area (Å²) in [7, 11) is -2.93. The van der Waals surface area contributed by atoms with Crippen molar-refractivity contribution in [1.82, 2.24) is 0 Å². The molecule has 1 atom stereocenters. The maximum Gasteiger partial charge on any atom is 0.252 e. The molecule has 0 radical (unpaired) electrons. The van der Waals surface area contributed by atoms with Crippen LogP contribution in [0, 0.1) is 0 Å². The first-order chi connectivity index (χ1) is 10.7. The van der Waals surface area contributed by atoms with Crippen LogP contribution in [0.2, 0.25) is 0 Å². The molecule has 0 rings (SSSR count). The van der Waals surface area contributed by atoms with Gasteiger partial charge in [-0.1, -0.05) is 70.4 Å². The molecule has 0 spiro atoms. The molecule has 23 heavy (non-hydrogen) atoms. The maximum absolute atomic E-state index is 11.0. The second-order valence-corrected chi connectivity index (χ2v) is 7.23. The van der Waals surface area contributed by atoms with Crippen LogP contribution in [0.1, 0.15) is 96.8 Å². The zero-order valence-electron chi connectivity index (χ0n) is 14.7. The second kappa shape index (κ2) is 20.3. The molecule has 0 aromatic carbocycles. The molecule has 0 aromatic rings. The Bertz CT molecular complexity index is 319. The van der Waals surface area contributed by atoms with E-state index in [0.717, 1.165) is 25.7 Å². The fourth-order valence-electron chi connectivity index (χ4n) is 2.46. The minimum atomic E-state index is -2.93. The van der Waals surface area contributed by atoms with Gasteiger partial charge in [0.15, 0.2) is 0 Å². The molecule has 0 bridgehead atoms. The molecule has 0 aromatic heterocycles. The second-order valence-electron chi connectivity index (χ2n) is 6.06. The van der Waals surface area contributed by atoms with Gasteiger partial charge in [0.1, 0.15) is 0 Å². The number of hydrogen-bond acceptors (Lipinski definition) is 2.